The molecule has 3 atom stereocenters. The van der Waals surface area contributed by atoms with E-state index in [-0.39, 0.29) is 30.6 Å². The number of rotatable bonds is 11. The predicted octanol–water partition coefficient (Wildman–Crippen LogP) is 4.67. The molecule has 0 spiro atoms. The van der Waals surface area contributed by atoms with Crippen LogP contribution in [0.25, 0.3) is 0 Å². The van der Waals surface area contributed by atoms with Gasteiger partial charge < -0.3 is 29.9 Å². The number of aliphatic carboxylic acids is 1. The first-order valence-electron chi connectivity index (χ1n) is 13.6. The number of piperidine rings is 1. The van der Waals surface area contributed by atoms with E-state index < -0.39 is 60.0 Å². The molecule has 9 nitrogen and oxygen atoms in total. The summed E-state index contributed by atoms with van der Waals surface area (Å²) in [7, 11) is 0. The number of hydrogen-bond donors (Lipinski definition) is 3. The van der Waals surface area contributed by atoms with Crippen molar-refractivity contribution in [2.45, 2.75) is 56.3 Å². The van der Waals surface area contributed by atoms with Gasteiger partial charge in [0, 0.05) is 48.0 Å². The lowest BCUT2D eigenvalue weighted by Crippen LogP contribution is -2.49. The molecule has 242 valence electrons. The van der Waals surface area contributed by atoms with Crippen molar-refractivity contribution in [1.29, 1.82) is 0 Å². The second kappa shape index (κ2) is 14.5. The smallest absolute Gasteiger partial charge is 0.486 e. The Morgan fingerprint density at radius 3 is 2.32 bits per heavy atom. The molecular weight excluding hydrogens is 640 g/mol. The van der Waals surface area contributed by atoms with Crippen molar-refractivity contribution in [2.24, 2.45) is 0 Å². The molecule has 0 aromatic heterocycles. The van der Waals surface area contributed by atoms with Crippen molar-refractivity contribution in [1.82, 2.24) is 10.2 Å². The monoisotopic (exact) mass is 669 g/mol. The summed E-state index contributed by atoms with van der Waals surface area (Å²) < 4.78 is 73.8. The molecule has 0 aliphatic carbocycles. The summed E-state index contributed by atoms with van der Waals surface area (Å²) in [5.74, 6) is -4.97. The Labute approximate surface area is 259 Å². The fourth-order valence-electron chi connectivity index (χ4n) is 5.28. The number of carboxylic acid groups (broad SMARTS) is 1. The summed E-state index contributed by atoms with van der Waals surface area (Å²) in [5, 5.41) is 24.2. The Bertz CT molecular complexity index is 1310. The van der Waals surface area contributed by atoms with Gasteiger partial charge in [0.15, 0.2) is 0 Å². The minimum atomic E-state index is -5.48. The molecule has 3 N–H and O–H groups in total. The van der Waals surface area contributed by atoms with Crippen LogP contribution in [0.15, 0.2) is 36.4 Å². The summed E-state index contributed by atoms with van der Waals surface area (Å²) in [6.07, 6.45) is -10.3. The SMILES string of the molecule is O=C(O)C(OC(=O)C(F)(F)F)c1cc(Cl)c(OCC(F)F)cc1N1CC(O)C(NC2CCN(Cc3ccc(Cl)cc3)CC2)C1. The topological polar surface area (TPSA) is 112 Å². The van der Waals surface area contributed by atoms with E-state index in [1.165, 1.54) is 4.90 Å². The lowest BCUT2D eigenvalue weighted by atomic mass is 10.0. The Kier molecular flexibility index (Phi) is 11.2. The van der Waals surface area contributed by atoms with E-state index in [4.69, 9.17) is 27.9 Å². The number of carboxylic acids is 1. The molecule has 2 aliphatic rings. The van der Waals surface area contributed by atoms with E-state index in [1.807, 2.05) is 24.3 Å². The molecule has 0 amide bonds. The van der Waals surface area contributed by atoms with Gasteiger partial charge in [-0.05, 0) is 49.7 Å². The van der Waals surface area contributed by atoms with Gasteiger partial charge in [0.05, 0.1) is 17.2 Å². The fraction of sp³-hybridized carbons (Fsp3) is 0.500. The second-order valence-corrected chi connectivity index (χ2v) is 11.4. The number of likely N-dealkylation sites (tertiary alicyclic amines) is 1. The van der Waals surface area contributed by atoms with Crippen LogP contribution in [0.5, 0.6) is 5.75 Å². The number of aliphatic hydroxyl groups is 1. The van der Waals surface area contributed by atoms with E-state index in [0.717, 1.165) is 50.2 Å². The van der Waals surface area contributed by atoms with Gasteiger partial charge in [-0.25, -0.2) is 18.4 Å². The van der Waals surface area contributed by atoms with Crippen LogP contribution in [0, 0.1) is 0 Å². The number of alkyl halides is 5. The van der Waals surface area contributed by atoms with Gasteiger partial charge >= 0.3 is 18.1 Å². The molecule has 2 saturated heterocycles. The van der Waals surface area contributed by atoms with E-state index in [2.05, 4.69) is 15.0 Å². The maximum absolute atomic E-state index is 12.9. The van der Waals surface area contributed by atoms with Crippen molar-refractivity contribution in [2.75, 3.05) is 37.7 Å². The standard InChI is InChI=1S/C28H30Cl2F5N3O6/c29-16-3-1-15(2-4-16)11-37-7-5-17(6-8-37)36-20-12-38(13-22(20)39)21-10-23(43-14-24(31)32)19(30)9-18(21)25(26(40)41)44-27(42)28(33,34)35/h1-4,9-10,17,20,22,24-25,36,39H,5-8,11-14H2,(H,40,41). The van der Waals surface area contributed by atoms with Crippen LogP contribution in [0.4, 0.5) is 27.6 Å². The van der Waals surface area contributed by atoms with Crippen molar-refractivity contribution < 1.29 is 51.2 Å². The summed E-state index contributed by atoms with van der Waals surface area (Å²) in [5.41, 5.74) is 0.564. The first kappa shape index (κ1) is 34.0. The van der Waals surface area contributed by atoms with Crippen molar-refractivity contribution >= 4 is 40.8 Å². The summed E-state index contributed by atoms with van der Waals surface area (Å²) in [6, 6.07) is 9.07. The molecule has 4 rings (SSSR count). The van der Waals surface area contributed by atoms with Crippen molar-refractivity contribution in [3.63, 3.8) is 0 Å². The minimum absolute atomic E-state index is 0.0326. The number of nitrogens with one attached hydrogen (secondary N) is 1. The number of ether oxygens (including phenoxy) is 2. The predicted molar refractivity (Wildman–Crippen MR) is 150 cm³/mol. The van der Waals surface area contributed by atoms with Gasteiger partial charge in [0.2, 0.25) is 6.10 Å². The number of hydrogen-bond acceptors (Lipinski definition) is 8. The maximum Gasteiger partial charge on any atom is 0.490 e. The van der Waals surface area contributed by atoms with E-state index in [1.54, 1.807) is 0 Å². The Balaban J connectivity index is 1.49. The highest BCUT2D eigenvalue weighted by molar-refractivity contribution is 6.32. The number of β-amino-alcohol motifs (C(OH)–C–C–N with tert-alkyl or cyclic N) is 1. The van der Waals surface area contributed by atoms with Crippen LogP contribution < -0.4 is 15.0 Å². The maximum atomic E-state index is 12.9. The molecule has 0 saturated carbocycles. The quantitative estimate of drug-likeness (QED) is 0.232. The minimum Gasteiger partial charge on any atom is -0.486 e. The average Bonchev–Trinajstić information content (AvgIpc) is 3.31. The number of anilines is 1. The number of carbonyl (C=O) groups excluding carboxylic acids is 1. The molecule has 0 bridgehead atoms. The Morgan fingerprint density at radius 2 is 1.73 bits per heavy atom. The molecule has 2 fully saturated rings. The fourth-order valence-corrected chi connectivity index (χ4v) is 5.63. The van der Waals surface area contributed by atoms with Crippen molar-refractivity contribution in [3.05, 3.63) is 57.6 Å². The van der Waals surface area contributed by atoms with E-state index in [9.17, 15) is 41.8 Å². The third-order valence-electron chi connectivity index (χ3n) is 7.40. The molecule has 2 aromatic rings. The Morgan fingerprint density at radius 1 is 1.07 bits per heavy atom. The number of nitrogens with zero attached hydrogens (tertiary/aromatic N) is 2. The average molecular weight is 670 g/mol. The zero-order chi connectivity index (χ0) is 32.2. The molecule has 2 aromatic carbocycles. The lowest BCUT2D eigenvalue weighted by Gasteiger charge is -2.34. The number of halogens is 7. The zero-order valence-corrected chi connectivity index (χ0v) is 24.6. The van der Waals surface area contributed by atoms with Crippen LogP contribution in [0.1, 0.15) is 30.1 Å². The van der Waals surface area contributed by atoms with Crippen molar-refractivity contribution in [3.8, 4) is 5.75 Å². The normalized spacial score (nSPS) is 20.6. The third-order valence-corrected chi connectivity index (χ3v) is 7.94. The van der Waals surface area contributed by atoms with Crippen LogP contribution in [-0.2, 0) is 20.9 Å². The Hall–Kier alpha value is -2.91. The molecule has 2 aliphatic heterocycles. The molecule has 3 unspecified atom stereocenters. The van der Waals surface area contributed by atoms with Crippen LogP contribution >= 0.6 is 23.2 Å². The highest BCUT2D eigenvalue weighted by Crippen LogP contribution is 2.40. The number of carbonyl (C=O) groups is 2. The molecule has 16 heteroatoms. The van der Waals surface area contributed by atoms with Gasteiger partial charge in [-0.1, -0.05) is 35.3 Å². The van der Waals surface area contributed by atoms with Crippen LogP contribution in [0.3, 0.4) is 0 Å². The highest BCUT2D eigenvalue weighted by atomic mass is 35.5. The summed E-state index contributed by atoms with van der Waals surface area (Å²) in [4.78, 5) is 27.3. The highest BCUT2D eigenvalue weighted by Gasteiger charge is 2.45. The molecule has 44 heavy (non-hydrogen) atoms. The second-order valence-electron chi connectivity index (χ2n) is 10.6. The lowest BCUT2D eigenvalue weighted by molar-refractivity contribution is -0.207. The van der Waals surface area contributed by atoms with E-state index in [0.29, 0.717) is 5.02 Å². The number of esters is 1. The van der Waals surface area contributed by atoms with E-state index >= 15 is 0 Å². The summed E-state index contributed by atoms with van der Waals surface area (Å²) in [6.45, 7) is 1.22. The number of benzene rings is 2. The molecule has 2 heterocycles. The van der Waals surface area contributed by atoms with Crippen LogP contribution in [-0.4, -0.2) is 90.6 Å². The molecular formula is C28H30Cl2F5N3O6. The molecule has 0 radical (unpaired) electrons. The van der Waals surface area contributed by atoms with Gasteiger partial charge in [0.25, 0.3) is 6.43 Å². The summed E-state index contributed by atoms with van der Waals surface area (Å²) >= 11 is 12.1. The third kappa shape index (κ3) is 8.84. The first-order valence-corrected chi connectivity index (χ1v) is 14.4. The largest absolute Gasteiger partial charge is 0.490 e. The first-order chi connectivity index (χ1) is 20.7. The van der Waals surface area contributed by atoms with Crippen LogP contribution in [0.2, 0.25) is 10.0 Å². The van der Waals surface area contributed by atoms with Gasteiger partial charge in [-0.2, -0.15) is 13.2 Å². The van der Waals surface area contributed by atoms with Gasteiger partial charge in [-0.3, -0.25) is 4.90 Å². The number of aliphatic hydroxyl groups excluding tert-OH is 1. The zero-order valence-electron chi connectivity index (χ0n) is 23.1. The van der Waals surface area contributed by atoms with Gasteiger partial charge in [0.1, 0.15) is 12.4 Å². The van der Waals surface area contributed by atoms with Gasteiger partial charge in [-0.15, -0.1) is 0 Å².